The van der Waals surface area contributed by atoms with E-state index in [4.69, 9.17) is 0 Å². The van der Waals surface area contributed by atoms with E-state index < -0.39 is 15.8 Å². The van der Waals surface area contributed by atoms with Crippen LogP contribution in [0.15, 0.2) is 56.2 Å². The summed E-state index contributed by atoms with van der Waals surface area (Å²) in [4.78, 5) is 0.324. The highest BCUT2D eigenvalue weighted by Crippen LogP contribution is 2.22. The Labute approximate surface area is 138 Å². The Hall–Kier alpha value is -1.51. The number of rotatable bonds is 2. The van der Waals surface area contributed by atoms with E-state index in [0.29, 0.717) is 4.80 Å². The van der Waals surface area contributed by atoms with Crippen LogP contribution in [-0.2, 0) is 17.1 Å². The maximum absolute atomic E-state index is 12.9. The SMILES string of the molecule is Cn1/c(=N/S(=O)(=O)c2ccc(F)cc2)sc2cc(Br)ccc21. The van der Waals surface area contributed by atoms with Gasteiger partial charge in [-0.15, -0.1) is 4.40 Å². The van der Waals surface area contributed by atoms with Gasteiger partial charge in [-0.1, -0.05) is 27.3 Å². The Kier molecular flexibility index (Phi) is 3.92. The maximum atomic E-state index is 12.9. The molecule has 4 nitrogen and oxygen atoms in total. The minimum absolute atomic E-state index is 0.0347. The minimum atomic E-state index is -3.87. The average molecular weight is 401 g/mol. The molecule has 0 atom stereocenters. The number of aromatic nitrogens is 1. The van der Waals surface area contributed by atoms with Gasteiger partial charge >= 0.3 is 0 Å². The lowest BCUT2D eigenvalue weighted by Crippen LogP contribution is -2.13. The third-order valence-electron chi connectivity index (χ3n) is 3.08. The minimum Gasteiger partial charge on any atom is -0.319 e. The molecule has 8 heteroatoms. The van der Waals surface area contributed by atoms with E-state index in [1.807, 2.05) is 18.2 Å². The van der Waals surface area contributed by atoms with Crippen molar-refractivity contribution in [3.05, 3.63) is 57.6 Å². The van der Waals surface area contributed by atoms with Gasteiger partial charge in [0.15, 0.2) is 0 Å². The number of hydrogen-bond acceptors (Lipinski definition) is 3. The number of sulfonamides is 1. The molecule has 22 heavy (non-hydrogen) atoms. The van der Waals surface area contributed by atoms with Crippen LogP contribution in [0.5, 0.6) is 0 Å². The summed E-state index contributed by atoms with van der Waals surface area (Å²) < 4.78 is 44.9. The monoisotopic (exact) mass is 400 g/mol. The molecule has 2 aromatic carbocycles. The van der Waals surface area contributed by atoms with E-state index in [0.717, 1.165) is 26.8 Å². The van der Waals surface area contributed by atoms with Crippen LogP contribution in [-0.4, -0.2) is 13.0 Å². The molecule has 1 aromatic heterocycles. The first kappa shape index (κ1) is 15.4. The fourth-order valence-corrected chi connectivity index (χ4v) is 4.76. The zero-order chi connectivity index (χ0) is 15.9. The number of aryl methyl sites for hydroxylation is 1. The highest BCUT2D eigenvalue weighted by Gasteiger charge is 2.14. The van der Waals surface area contributed by atoms with Crippen molar-refractivity contribution in [2.24, 2.45) is 11.4 Å². The van der Waals surface area contributed by atoms with Crippen LogP contribution < -0.4 is 4.80 Å². The van der Waals surface area contributed by atoms with Gasteiger partial charge in [-0.3, -0.25) is 0 Å². The average Bonchev–Trinajstić information content (AvgIpc) is 2.74. The molecule has 1 heterocycles. The van der Waals surface area contributed by atoms with Crippen LogP contribution in [0.3, 0.4) is 0 Å². The fraction of sp³-hybridized carbons (Fsp3) is 0.0714. The van der Waals surface area contributed by atoms with E-state index in [9.17, 15) is 12.8 Å². The predicted octanol–water partition coefficient (Wildman–Crippen LogP) is 3.43. The Balaban J connectivity index is 2.19. The molecule has 0 amide bonds. The van der Waals surface area contributed by atoms with Gasteiger partial charge in [0.1, 0.15) is 5.82 Å². The summed E-state index contributed by atoms with van der Waals surface area (Å²) in [6, 6.07) is 10.3. The van der Waals surface area contributed by atoms with Gasteiger partial charge in [-0.2, -0.15) is 8.42 Å². The van der Waals surface area contributed by atoms with E-state index >= 15 is 0 Å². The zero-order valence-corrected chi connectivity index (χ0v) is 14.5. The van der Waals surface area contributed by atoms with Crippen LogP contribution in [0.4, 0.5) is 4.39 Å². The summed E-state index contributed by atoms with van der Waals surface area (Å²) in [6.45, 7) is 0. The first-order valence-electron chi connectivity index (χ1n) is 6.18. The lowest BCUT2D eigenvalue weighted by atomic mass is 10.3. The highest BCUT2D eigenvalue weighted by atomic mass is 79.9. The summed E-state index contributed by atoms with van der Waals surface area (Å²) in [5, 5.41) is 0. The fourth-order valence-electron chi connectivity index (χ4n) is 1.96. The first-order chi connectivity index (χ1) is 10.4. The lowest BCUT2D eigenvalue weighted by Gasteiger charge is -1.98. The van der Waals surface area contributed by atoms with Crippen molar-refractivity contribution in [3.8, 4) is 0 Å². The standard InChI is InChI=1S/C14H10BrFN2O2S2/c1-18-12-7-2-9(15)8-13(12)21-14(18)17-22(19,20)11-5-3-10(16)4-6-11/h2-8H,1H3/b17-14-. The van der Waals surface area contributed by atoms with Crippen molar-refractivity contribution < 1.29 is 12.8 Å². The number of nitrogens with zero attached hydrogens (tertiary/aromatic N) is 2. The Morgan fingerprint density at radius 2 is 1.86 bits per heavy atom. The number of thiazole rings is 1. The van der Waals surface area contributed by atoms with E-state index in [-0.39, 0.29) is 4.90 Å². The van der Waals surface area contributed by atoms with Crippen molar-refractivity contribution >= 4 is 47.5 Å². The molecule has 0 aliphatic heterocycles. The Morgan fingerprint density at radius 1 is 1.18 bits per heavy atom. The first-order valence-corrected chi connectivity index (χ1v) is 9.23. The molecule has 3 rings (SSSR count). The normalized spacial score (nSPS) is 13.0. The molecule has 0 bridgehead atoms. The third-order valence-corrected chi connectivity index (χ3v) is 6.07. The summed E-state index contributed by atoms with van der Waals surface area (Å²) in [7, 11) is -2.12. The summed E-state index contributed by atoms with van der Waals surface area (Å²) in [5.41, 5.74) is 0.890. The molecule has 0 N–H and O–H groups in total. The van der Waals surface area contributed by atoms with Crippen LogP contribution in [0.1, 0.15) is 0 Å². The number of benzene rings is 2. The topological polar surface area (TPSA) is 51.4 Å². The molecule has 114 valence electrons. The van der Waals surface area contributed by atoms with E-state index in [1.54, 1.807) is 11.6 Å². The van der Waals surface area contributed by atoms with Gasteiger partial charge in [0.2, 0.25) is 4.80 Å². The second-order valence-electron chi connectivity index (χ2n) is 4.58. The van der Waals surface area contributed by atoms with Crippen LogP contribution >= 0.6 is 27.3 Å². The molecule has 0 saturated heterocycles. The number of halogens is 2. The molecule has 0 aliphatic rings. The molecule has 3 aromatic rings. The molecule has 0 aliphatic carbocycles. The highest BCUT2D eigenvalue weighted by molar-refractivity contribution is 9.10. The molecular formula is C14H10BrFN2O2S2. The Bertz CT molecular complexity index is 1020. The summed E-state index contributed by atoms with van der Waals surface area (Å²) in [6.07, 6.45) is 0. The van der Waals surface area contributed by atoms with Gasteiger partial charge in [-0.05, 0) is 42.5 Å². The van der Waals surface area contributed by atoms with Crippen molar-refractivity contribution in [1.82, 2.24) is 4.57 Å². The van der Waals surface area contributed by atoms with Gasteiger partial charge < -0.3 is 4.57 Å². The molecule has 0 fully saturated rings. The van der Waals surface area contributed by atoms with Crippen molar-refractivity contribution in [2.75, 3.05) is 0 Å². The summed E-state index contributed by atoms with van der Waals surface area (Å²) >= 11 is 4.66. The number of fused-ring (bicyclic) bond motifs is 1. The van der Waals surface area contributed by atoms with Crippen molar-refractivity contribution in [2.45, 2.75) is 4.90 Å². The largest absolute Gasteiger partial charge is 0.319 e. The smallest absolute Gasteiger partial charge is 0.285 e. The second kappa shape index (κ2) is 5.60. The van der Waals surface area contributed by atoms with Crippen molar-refractivity contribution in [1.29, 1.82) is 0 Å². The van der Waals surface area contributed by atoms with E-state index in [2.05, 4.69) is 20.3 Å². The van der Waals surface area contributed by atoms with Gasteiger partial charge in [0.05, 0.1) is 15.1 Å². The lowest BCUT2D eigenvalue weighted by molar-refractivity contribution is 0.595. The maximum Gasteiger partial charge on any atom is 0.285 e. The van der Waals surface area contributed by atoms with Gasteiger partial charge in [0, 0.05) is 11.5 Å². The van der Waals surface area contributed by atoms with Gasteiger partial charge in [0.25, 0.3) is 10.0 Å². The quantitative estimate of drug-likeness (QED) is 0.661. The predicted molar refractivity (Wildman–Crippen MR) is 87.6 cm³/mol. The molecular weight excluding hydrogens is 391 g/mol. The van der Waals surface area contributed by atoms with Crippen molar-refractivity contribution in [3.63, 3.8) is 0 Å². The Morgan fingerprint density at radius 3 is 2.55 bits per heavy atom. The molecule has 0 saturated carbocycles. The van der Waals surface area contributed by atoms with Crippen LogP contribution in [0.25, 0.3) is 10.2 Å². The molecule has 0 unspecified atom stereocenters. The molecule has 0 spiro atoms. The number of hydrogen-bond donors (Lipinski definition) is 0. The third kappa shape index (κ3) is 2.86. The summed E-state index contributed by atoms with van der Waals surface area (Å²) in [5.74, 6) is -0.490. The second-order valence-corrected chi connectivity index (χ2v) is 8.10. The van der Waals surface area contributed by atoms with Crippen LogP contribution in [0.2, 0.25) is 0 Å². The zero-order valence-electron chi connectivity index (χ0n) is 11.3. The van der Waals surface area contributed by atoms with Crippen LogP contribution in [0, 0.1) is 5.82 Å². The van der Waals surface area contributed by atoms with Gasteiger partial charge in [-0.25, -0.2) is 4.39 Å². The van der Waals surface area contributed by atoms with E-state index in [1.165, 1.54) is 23.5 Å². The molecule has 0 radical (unpaired) electrons.